The van der Waals surface area contributed by atoms with Crippen LogP contribution in [0.25, 0.3) is 0 Å². The molecule has 2 aliphatic rings. The minimum absolute atomic E-state index is 0. The van der Waals surface area contributed by atoms with Gasteiger partial charge in [-0.1, -0.05) is 0 Å². The van der Waals surface area contributed by atoms with Crippen LogP contribution in [0.5, 0.6) is 0 Å². The molecule has 0 spiro atoms. The molecule has 0 aromatic heterocycles. The first-order valence-electron chi connectivity index (χ1n) is 3.93. The molecule has 0 unspecified atom stereocenters. The quantitative estimate of drug-likeness (QED) is 0.688. The van der Waals surface area contributed by atoms with E-state index in [4.69, 9.17) is 0 Å². The van der Waals surface area contributed by atoms with Gasteiger partial charge in [0.05, 0.1) is 0 Å². The Bertz CT molecular complexity index is 247. The van der Waals surface area contributed by atoms with Crippen LogP contribution in [0.2, 0.25) is 0 Å². The van der Waals surface area contributed by atoms with Gasteiger partial charge in [-0.05, 0) is 0 Å². The molecule has 58 valence electrons. The van der Waals surface area contributed by atoms with Gasteiger partial charge in [-0.25, -0.2) is 0 Å². The van der Waals surface area contributed by atoms with Gasteiger partial charge >= 0.3 is 78.9 Å². The minimum Gasteiger partial charge on any atom is -1.00 e. The first kappa shape index (κ1) is 7.48. The van der Waals surface area contributed by atoms with E-state index in [-0.39, 0.29) is 2.85 Å². The number of hydrogen-bond donors (Lipinski definition) is 0. The van der Waals surface area contributed by atoms with Crippen LogP contribution >= 0.6 is 0 Å². The SMILES string of the molecule is C1=CC[C]([Hf][C]2=CC=CC2)=C1.[H-].[H-]. The van der Waals surface area contributed by atoms with Crippen molar-refractivity contribution in [2.45, 2.75) is 12.8 Å². The average Bonchev–Trinajstić information content (AvgIpc) is 2.60. The topological polar surface area (TPSA) is 0 Å². The van der Waals surface area contributed by atoms with Gasteiger partial charge in [-0.15, -0.1) is 0 Å². The molecule has 0 atom stereocenters. The van der Waals surface area contributed by atoms with E-state index in [0.717, 1.165) is 0 Å². The number of hydrogen-bond acceptors (Lipinski definition) is 0. The fourth-order valence-corrected chi connectivity index (χ4v) is 5.64. The molecule has 11 heavy (non-hydrogen) atoms. The van der Waals surface area contributed by atoms with Crippen molar-refractivity contribution in [3.63, 3.8) is 0 Å². The van der Waals surface area contributed by atoms with Crippen LogP contribution in [0.1, 0.15) is 15.7 Å². The Morgan fingerprint density at radius 3 is 1.91 bits per heavy atom. The Hall–Kier alpha value is -0.170. The van der Waals surface area contributed by atoms with Gasteiger partial charge in [0.2, 0.25) is 0 Å². The summed E-state index contributed by atoms with van der Waals surface area (Å²) in [4.78, 5) is 0. The molecule has 2 rings (SSSR count). The molecule has 0 heterocycles. The maximum Gasteiger partial charge on any atom is -1.00 e. The molecule has 2 aliphatic carbocycles. The van der Waals surface area contributed by atoms with Crippen LogP contribution in [0.15, 0.2) is 43.1 Å². The monoisotopic (exact) mass is 312 g/mol. The molecule has 0 fully saturated rings. The van der Waals surface area contributed by atoms with Gasteiger partial charge in [-0.2, -0.15) is 0 Å². The van der Waals surface area contributed by atoms with Crippen molar-refractivity contribution < 1.29 is 25.8 Å². The standard InChI is InChI=1S/2C5H5.Hf.2H/c2*1-2-4-5-3-1;;;/h2*1-3H,4H2;;;/q;;;2*-1. The Morgan fingerprint density at radius 1 is 1.00 bits per heavy atom. The van der Waals surface area contributed by atoms with Crippen molar-refractivity contribution in [2.24, 2.45) is 0 Å². The van der Waals surface area contributed by atoms with E-state index in [1.807, 2.05) is 0 Å². The van der Waals surface area contributed by atoms with Gasteiger partial charge in [-0.3, -0.25) is 0 Å². The third-order valence-electron chi connectivity index (χ3n) is 1.86. The Balaban J connectivity index is 0.000000720. The van der Waals surface area contributed by atoms with Gasteiger partial charge in [0, 0.05) is 0 Å². The predicted molar refractivity (Wildman–Crippen MR) is 45.9 cm³/mol. The largest absolute Gasteiger partial charge is 1.00 e. The first-order valence-corrected chi connectivity index (χ1v) is 7.53. The van der Waals surface area contributed by atoms with Crippen molar-refractivity contribution in [3.8, 4) is 0 Å². The van der Waals surface area contributed by atoms with E-state index in [0.29, 0.717) is 0 Å². The fraction of sp³-hybridized carbons (Fsp3) is 0.200. The van der Waals surface area contributed by atoms with Crippen molar-refractivity contribution in [1.29, 1.82) is 0 Å². The normalized spacial score (nSPS) is 20.4. The summed E-state index contributed by atoms with van der Waals surface area (Å²) in [5, 5.41) is 0. The minimum atomic E-state index is -0.526. The van der Waals surface area contributed by atoms with E-state index in [1.54, 1.807) is 6.66 Å². The average molecular weight is 311 g/mol. The van der Waals surface area contributed by atoms with Gasteiger partial charge in [0.25, 0.3) is 0 Å². The Labute approximate surface area is 81.7 Å². The van der Waals surface area contributed by atoms with Crippen LogP contribution in [0.4, 0.5) is 0 Å². The number of allylic oxidation sites excluding steroid dienone is 8. The molecule has 0 amide bonds. The molecule has 0 saturated carbocycles. The van der Waals surface area contributed by atoms with Crippen molar-refractivity contribution in [2.75, 3.05) is 0 Å². The molecule has 0 N–H and O–H groups in total. The van der Waals surface area contributed by atoms with Gasteiger partial charge < -0.3 is 2.85 Å². The predicted octanol–water partition coefficient (Wildman–Crippen LogP) is 2.98. The van der Waals surface area contributed by atoms with Crippen molar-refractivity contribution in [3.05, 3.63) is 43.1 Å². The summed E-state index contributed by atoms with van der Waals surface area (Å²) < 4.78 is 3.50. The number of rotatable bonds is 2. The molecular formula is C10H12Hf-2. The van der Waals surface area contributed by atoms with E-state index >= 15 is 0 Å². The van der Waals surface area contributed by atoms with Crippen molar-refractivity contribution in [1.82, 2.24) is 0 Å². The van der Waals surface area contributed by atoms with Crippen molar-refractivity contribution >= 4 is 0 Å². The zero-order valence-corrected chi connectivity index (χ0v) is 9.97. The fourth-order valence-electron chi connectivity index (χ4n) is 1.29. The van der Waals surface area contributed by atoms with E-state index in [1.165, 1.54) is 12.8 Å². The van der Waals surface area contributed by atoms with Gasteiger partial charge in [0.15, 0.2) is 0 Å². The molecule has 1 heteroatoms. The third-order valence-corrected chi connectivity index (χ3v) is 6.84. The molecule has 0 aliphatic heterocycles. The summed E-state index contributed by atoms with van der Waals surface area (Å²) >= 11 is -0.526. The molecule has 0 saturated heterocycles. The summed E-state index contributed by atoms with van der Waals surface area (Å²) in [7, 11) is 0. The Morgan fingerprint density at radius 2 is 1.55 bits per heavy atom. The van der Waals surface area contributed by atoms with E-state index < -0.39 is 22.9 Å². The van der Waals surface area contributed by atoms with Crippen LogP contribution in [0, 0.1) is 0 Å². The second-order valence-electron chi connectivity index (χ2n) is 2.77. The summed E-state index contributed by atoms with van der Waals surface area (Å²) in [5.74, 6) is 0. The molecule has 0 aromatic carbocycles. The molecule has 0 radical (unpaired) electrons. The molecule has 0 nitrogen and oxygen atoms in total. The summed E-state index contributed by atoms with van der Waals surface area (Å²) in [6, 6.07) is 0. The molecular weight excluding hydrogens is 299 g/mol. The summed E-state index contributed by atoms with van der Waals surface area (Å²) in [6.45, 7) is 0. The van der Waals surface area contributed by atoms with E-state index in [9.17, 15) is 0 Å². The molecule has 0 bridgehead atoms. The second kappa shape index (κ2) is 3.49. The zero-order valence-electron chi connectivity index (χ0n) is 8.38. The summed E-state index contributed by atoms with van der Waals surface area (Å²) in [6.07, 6.45) is 16.1. The Kier molecular flexibility index (Phi) is 2.37. The van der Waals surface area contributed by atoms with Crippen LogP contribution in [0.3, 0.4) is 0 Å². The third kappa shape index (κ3) is 1.90. The van der Waals surface area contributed by atoms with Crippen LogP contribution in [-0.4, -0.2) is 0 Å². The maximum atomic E-state index is 2.32. The summed E-state index contributed by atoms with van der Waals surface area (Å²) in [5.41, 5.74) is 0. The zero-order chi connectivity index (χ0) is 7.52. The molecule has 0 aromatic rings. The van der Waals surface area contributed by atoms with E-state index in [2.05, 4.69) is 36.5 Å². The first-order chi connectivity index (χ1) is 5.45. The van der Waals surface area contributed by atoms with Gasteiger partial charge in [0.1, 0.15) is 0 Å². The van der Waals surface area contributed by atoms with Crippen LogP contribution < -0.4 is 0 Å². The van der Waals surface area contributed by atoms with Crippen LogP contribution in [-0.2, 0) is 22.9 Å². The smallest absolute Gasteiger partial charge is 1.00 e. The maximum absolute atomic E-state index is 2.32. The second-order valence-corrected chi connectivity index (χ2v) is 8.29.